The van der Waals surface area contributed by atoms with Crippen LogP contribution in [0.3, 0.4) is 0 Å². The number of nitrogens with one attached hydrogen (secondary N) is 1. The summed E-state index contributed by atoms with van der Waals surface area (Å²) in [5.41, 5.74) is 2.52. The summed E-state index contributed by atoms with van der Waals surface area (Å²) in [5, 5.41) is 6.32. The predicted octanol–water partition coefficient (Wildman–Crippen LogP) is 3.31. The zero-order chi connectivity index (χ0) is 19.8. The van der Waals surface area contributed by atoms with E-state index in [1.807, 2.05) is 13.8 Å². The summed E-state index contributed by atoms with van der Waals surface area (Å²) in [4.78, 5) is 16.2. The van der Waals surface area contributed by atoms with E-state index in [9.17, 15) is 4.79 Å². The molecule has 0 bridgehead atoms. The average Bonchev–Trinajstić information content (AvgIpc) is 3.19. The molecule has 0 radical (unpaired) electrons. The number of pyridine rings is 1. The molecule has 1 atom stereocenters. The Morgan fingerprint density at radius 1 is 1.41 bits per heavy atom. The van der Waals surface area contributed by atoms with Crippen molar-refractivity contribution in [2.24, 2.45) is 5.41 Å². The van der Waals surface area contributed by atoms with Crippen LogP contribution in [-0.4, -0.2) is 32.5 Å². The summed E-state index contributed by atoms with van der Waals surface area (Å²) in [6.45, 7) is 12.7. The predicted molar refractivity (Wildman–Crippen MR) is 103 cm³/mol. The molecule has 0 amide bonds. The fraction of sp³-hybridized carbons (Fsp3) is 0.450. The average molecular weight is 370 g/mol. The highest BCUT2D eigenvalue weighted by atomic mass is 16.5. The fourth-order valence-electron chi connectivity index (χ4n) is 3.29. The van der Waals surface area contributed by atoms with Gasteiger partial charge in [0.15, 0.2) is 0 Å². The molecule has 27 heavy (non-hydrogen) atoms. The maximum absolute atomic E-state index is 11.8. The Morgan fingerprint density at radius 3 is 2.67 bits per heavy atom. The van der Waals surface area contributed by atoms with Gasteiger partial charge in [0.05, 0.1) is 24.6 Å². The molecule has 3 heterocycles. The van der Waals surface area contributed by atoms with E-state index in [1.54, 1.807) is 25.3 Å². The van der Waals surface area contributed by atoms with Crippen molar-refractivity contribution in [1.29, 1.82) is 0 Å². The molecule has 0 spiro atoms. The van der Waals surface area contributed by atoms with Crippen molar-refractivity contribution >= 4 is 0 Å². The molecule has 1 unspecified atom stereocenters. The summed E-state index contributed by atoms with van der Waals surface area (Å²) in [6.07, 6.45) is 3.63. The summed E-state index contributed by atoms with van der Waals surface area (Å²) in [7, 11) is 0. The first kappa shape index (κ1) is 19.1. The smallest absolute Gasteiger partial charge is 0.347 e. The number of ether oxygens (including phenoxy) is 2. The van der Waals surface area contributed by atoms with Crippen molar-refractivity contribution in [2.45, 2.75) is 47.6 Å². The standard InChI is InChI=1S/C20H26N4O3/c1-7-14-11-26-18(20(4,5)6)17(14)12(2)27-16-9-8-15(10-21-16)24-13(3)22-23-19(24)25/h7-10,18H,11H2,1-6H3,(H,23,25)/b14-7-,17-12-. The summed E-state index contributed by atoms with van der Waals surface area (Å²) < 4.78 is 13.5. The second-order valence-electron chi connectivity index (χ2n) is 7.71. The number of aryl methyl sites for hydroxylation is 1. The van der Waals surface area contributed by atoms with E-state index in [2.05, 4.69) is 42.0 Å². The molecule has 1 N–H and O–H groups in total. The van der Waals surface area contributed by atoms with E-state index in [0.29, 0.717) is 24.0 Å². The summed E-state index contributed by atoms with van der Waals surface area (Å²) >= 11 is 0. The Hall–Kier alpha value is -2.67. The van der Waals surface area contributed by atoms with Gasteiger partial charge in [-0.25, -0.2) is 19.4 Å². The Balaban J connectivity index is 1.90. The molecule has 0 aromatic carbocycles. The first-order chi connectivity index (χ1) is 12.7. The van der Waals surface area contributed by atoms with E-state index < -0.39 is 0 Å². The number of rotatable bonds is 3. The number of nitrogens with zero attached hydrogens (tertiary/aromatic N) is 3. The summed E-state index contributed by atoms with van der Waals surface area (Å²) in [5.74, 6) is 1.81. The fourth-order valence-corrected chi connectivity index (χ4v) is 3.29. The lowest BCUT2D eigenvalue weighted by atomic mass is 9.83. The SMILES string of the molecule is C/C=C1/COC(C(C)(C)C)/C1=C(/C)Oc1ccc(-n2c(C)n[nH]c2=O)cn1. The Labute approximate surface area is 158 Å². The van der Waals surface area contributed by atoms with Crippen LogP contribution in [0.1, 0.15) is 40.4 Å². The third kappa shape index (κ3) is 3.73. The quantitative estimate of drug-likeness (QED) is 0.838. The molecule has 2 aromatic heterocycles. The third-order valence-corrected chi connectivity index (χ3v) is 4.60. The van der Waals surface area contributed by atoms with Crippen LogP contribution in [0.4, 0.5) is 0 Å². The number of hydrogen-bond acceptors (Lipinski definition) is 5. The van der Waals surface area contributed by atoms with Gasteiger partial charge < -0.3 is 9.47 Å². The first-order valence-electron chi connectivity index (χ1n) is 8.98. The second kappa shape index (κ2) is 7.15. The molecular formula is C20H26N4O3. The maximum Gasteiger partial charge on any atom is 0.347 e. The van der Waals surface area contributed by atoms with Gasteiger partial charge in [0.25, 0.3) is 0 Å². The first-order valence-corrected chi connectivity index (χ1v) is 8.98. The minimum atomic E-state index is -0.296. The lowest BCUT2D eigenvalue weighted by Gasteiger charge is -2.28. The lowest BCUT2D eigenvalue weighted by Crippen LogP contribution is -2.28. The van der Waals surface area contributed by atoms with Gasteiger partial charge in [-0.05, 0) is 37.8 Å². The van der Waals surface area contributed by atoms with E-state index in [4.69, 9.17) is 9.47 Å². The molecule has 1 aliphatic rings. The van der Waals surface area contributed by atoms with Gasteiger partial charge >= 0.3 is 5.69 Å². The molecule has 144 valence electrons. The van der Waals surface area contributed by atoms with Gasteiger partial charge in [0.2, 0.25) is 5.88 Å². The number of aromatic amines is 1. The van der Waals surface area contributed by atoms with Crippen molar-refractivity contribution < 1.29 is 9.47 Å². The van der Waals surface area contributed by atoms with Crippen molar-refractivity contribution in [3.05, 3.63) is 57.6 Å². The molecule has 3 rings (SSSR count). The van der Waals surface area contributed by atoms with Gasteiger partial charge in [-0.3, -0.25) is 0 Å². The molecule has 1 aliphatic heterocycles. The topological polar surface area (TPSA) is 82.0 Å². The van der Waals surface area contributed by atoms with Gasteiger partial charge in [-0.1, -0.05) is 26.8 Å². The van der Waals surface area contributed by atoms with E-state index in [0.717, 1.165) is 16.9 Å². The highest BCUT2D eigenvalue weighted by Gasteiger charge is 2.37. The van der Waals surface area contributed by atoms with Crippen LogP contribution in [0.25, 0.3) is 5.69 Å². The second-order valence-corrected chi connectivity index (χ2v) is 7.71. The molecule has 0 saturated carbocycles. The van der Waals surface area contributed by atoms with Crippen molar-refractivity contribution in [2.75, 3.05) is 6.61 Å². The number of aromatic nitrogens is 4. The maximum atomic E-state index is 11.8. The molecule has 2 aromatic rings. The van der Waals surface area contributed by atoms with Crippen LogP contribution >= 0.6 is 0 Å². The largest absolute Gasteiger partial charge is 0.443 e. The normalized spacial score (nSPS) is 21.0. The number of allylic oxidation sites excluding steroid dienone is 2. The highest BCUT2D eigenvalue weighted by Crippen LogP contribution is 2.39. The summed E-state index contributed by atoms with van der Waals surface area (Å²) in [6, 6.07) is 3.53. The van der Waals surface area contributed by atoms with Gasteiger partial charge in [-0.2, -0.15) is 5.10 Å². The van der Waals surface area contributed by atoms with Gasteiger partial charge in [0.1, 0.15) is 11.6 Å². The minimum Gasteiger partial charge on any atom is -0.443 e. The molecule has 7 nitrogen and oxygen atoms in total. The Bertz CT molecular complexity index is 943. The Kier molecular flexibility index (Phi) is 5.06. The van der Waals surface area contributed by atoms with Crippen molar-refractivity contribution in [3.63, 3.8) is 0 Å². The molecular weight excluding hydrogens is 344 g/mol. The highest BCUT2D eigenvalue weighted by molar-refractivity contribution is 5.42. The number of H-pyrrole nitrogens is 1. The van der Waals surface area contributed by atoms with Crippen LogP contribution < -0.4 is 10.4 Å². The Morgan fingerprint density at radius 2 is 2.15 bits per heavy atom. The van der Waals surface area contributed by atoms with Gasteiger partial charge in [0, 0.05) is 11.6 Å². The molecule has 1 fully saturated rings. The van der Waals surface area contributed by atoms with Crippen LogP contribution in [0.5, 0.6) is 5.88 Å². The molecule has 1 saturated heterocycles. The monoisotopic (exact) mass is 370 g/mol. The van der Waals surface area contributed by atoms with E-state index in [1.165, 1.54) is 4.57 Å². The zero-order valence-electron chi connectivity index (χ0n) is 16.7. The van der Waals surface area contributed by atoms with E-state index >= 15 is 0 Å². The molecule has 0 aliphatic carbocycles. The van der Waals surface area contributed by atoms with Crippen LogP contribution in [0.15, 0.2) is 46.1 Å². The molecule has 7 heteroatoms. The van der Waals surface area contributed by atoms with Crippen molar-refractivity contribution in [1.82, 2.24) is 19.7 Å². The van der Waals surface area contributed by atoms with Crippen LogP contribution in [-0.2, 0) is 4.74 Å². The minimum absolute atomic E-state index is 0.0323. The third-order valence-electron chi connectivity index (χ3n) is 4.60. The van der Waals surface area contributed by atoms with Crippen LogP contribution in [0, 0.1) is 12.3 Å². The van der Waals surface area contributed by atoms with Gasteiger partial charge in [-0.15, -0.1) is 0 Å². The number of hydrogen-bond donors (Lipinski definition) is 1. The zero-order valence-corrected chi connectivity index (χ0v) is 16.7. The lowest BCUT2D eigenvalue weighted by molar-refractivity contribution is 0.0464. The van der Waals surface area contributed by atoms with E-state index in [-0.39, 0.29) is 17.2 Å². The van der Waals surface area contributed by atoms with Crippen molar-refractivity contribution in [3.8, 4) is 11.6 Å². The van der Waals surface area contributed by atoms with Crippen LogP contribution in [0.2, 0.25) is 0 Å².